The van der Waals surface area contributed by atoms with Crippen molar-refractivity contribution in [1.82, 2.24) is 10.2 Å². The van der Waals surface area contributed by atoms with Gasteiger partial charge in [-0.3, -0.25) is 9.69 Å². The number of nitrogens with one attached hydrogen (secondary N) is 1. The average molecular weight is 220 g/mol. The standard InChI is InChI=1S/C11H12N2O3/c1-16-9-4-2-3-8(5-9)7-13-10(14)6-12-11(13)15/h2-5H,6-7H2,1H3,(H,12,15). The molecule has 0 saturated carbocycles. The Balaban J connectivity index is 2.14. The van der Waals surface area contributed by atoms with Crippen molar-refractivity contribution in [3.05, 3.63) is 29.8 Å². The topological polar surface area (TPSA) is 58.6 Å². The van der Waals surface area contributed by atoms with E-state index in [1.165, 1.54) is 4.90 Å². The Labute approximate surface area is 93.0 Å². The number of hydrogen-bond donors (Lipinski definition) is 1. The number of hydrogen-bond acceptors (Lipinski definition) is 3. The maximum absolute atomic E-state index is 11.4. The fourth-order valence-corrected chi connectivity index (χ4v) is 1.57. The Kier molecular flexibility index (Phi) is 2.76. The maximum atomic E-state index is 11.4. The van der Waals surface area contributed by atoms with Gasteiger partial charge in [-0.05, 0) is 17.7 Å². The molecule has 0 aliphatic carbocycles. The molecule has 0 bridgehead atoms. The molecule has 1 aliphatic rings. The number of amides is 3. The number of rotatable bonds is 3. The van der Waals surface area contributed by atoms with Crippen LogP contribution in [0.2, 0.25) is 0 Å². The molecule has 1 N–H and O–H groups in total. The molecule has 3 amide bonds. The van der Waals surface area contributed by atoms with Gasteiger partial charge in [0.2, 0.25) is 5.91 Å². The van der Waals surface area contributed by atoms with Crippen LogP contribution in [0.4, 0.5) is 4.79 Å². The molecule has 84 valence electrons. The minimum absolute atomic E-state index is 0.0861. The molecule has 1 aromatic carbocycles. The lowest BCUT2D eigenvalue weighted by Gasteiger charge is -2.12. The first kappa shape index (κ1) is 10.5. The first-order chi connectivity index (χ1) is 7.70. The van der Waals surface area contributed by atoms with E-state index in [-0.39, 0.29) is 25.0 Å². The zero-order chi connectivity index (χ0) is 11.5. The predicted octanol–water partition coefficient (Wildman–Crippen LogP) is 0.747. The lowest BCUT2D eigenvalue weighted by molar-refractivity contribution is -0.125. The van der Waals surface area contributed by atoms with Gasteiger partial charge in [0, 0.05) is 0 Å². The van der Waals surface area contributed by atoms with Crippen molar-refractivity contribution in [2.24, 2.45) is 0 Å². The first-order valence-electron chi connectivity index (χ1n) is 4.92. The summed E-state index contributed by atoms with van der Waals surface area (Å²) >= 11 is 0. The highest BCUT2D eigenvalue weighted by Crippen LogP contribution is 2.15. The van der Waals surface area contributed by atoms with Crippen LogP contribution in [-0.4, -0.2) is 30.5 Å². The van der Waals surface area contributed by atoms with Crippen molar-refractivity contribution in [3.63, 3.8) is 0 Å². The number of urea groups is 1. The summed E-state index contributed by atoms with van der Waals surface area (Å²) in [6.07, 6.45) is 0. The van der Waals surface area contributed by atoms with Gasteiger partial charge in [-0.1, -0.05) is 12.1 Å². The van der Waals surface area contributed by atoms with Crippen LogP contribution in [-0.2, 0) is 11.3 Å². The van der Waals surface area contributed by atoms with Crippen LogP contribution in [0.5, 0.6) is 5.75 Å². The molecule has 0 spiro atoms. The monoisotopic (exact) mass is 220 g/mol. The van der Waals surface area contributed by atoms with Gasteiger partial charge < -0.3 is 10.1 Å². The molecule has 5 heteroatoms. The van der Waals surface area contributed by atoms with Crippen molar-refractivity contribution in [1.29, 1.82) is 0 Å². The van der Waals surface area contributed by atoms with Gasteiger partial charge in [0.1, 0.15) is 5.75 Å². The molecule has 1 saturated heterocycles. The van der Waals surface area contributed by atoms with Crippen LogP contribution in [0.15, 0.2) is 24.3 Å². The van der Waals surface area contributed by atoms with Crippen LogP contribution >= 0.6 is 0 Å². The quantitative estimate of drug-likeness (QED) is 0.764. The zero-order valence-corrected chi connectivity index (χ0v) is 8.90. The van der Waals surface area contributed by atoms with E-state index >= 15 is 0 Å². The second-order valence-corrected chi connectivity index (χ2v) is 3.49. The molecule has 0 unspecified atom stereocenters. The zero-order valence-electron chi connectivity index (χ0n) is 8.90. The highest BCUT2D eigenvalue weighted by atomic mass is 16.5. The minimum Gasteiger partial charge on any atom is -0.497 e. The summed E-state index contributed by atoms with van der Waals surface area (Å²) in [5.41, 5.74) is 0.866. The second kappa shape index (κ2) is 4.22. The molecule has 0 atom stereocenters. The third-order valence-corrected chi connectivity index (χ3v) is 2.41. The largest absolute Gasteiger partial charge is 0.497 e. The third-order valence-electron chi connectivity index (χ3n) is 2.41. The van der Waals surface area contributed by atoms with E-state index in [1.807, 2.05) is 18.2 Å². The number of imide groups is 1. The summed E-state index contributed by atoms with van der Waals surface area (Å²) in [7, 11) is 1.58. The van der Waals surface area contributed by atoms with Crippen LogP contribution in [0, 0.1) is 0 Å². The van der Waals surface area contributed by atoms with Crippen LogP contribution in [0.25, 0.3) is 0 Å². The molecule has 1 heterocycles. The lowest BCUT2D eigenvalue weighted by atomic mass is 10.2. The first-order valence-corrected chi connectivity index (χ1v) is 4.92. The summed E-state index contributed by atoms with van der Waals surface area (Å²) in [5, 5.41) is 2.47. The van der Waals surface area contributed by atoms with Gasteiger partial charge in [0.25, 0.3) is 0 Å². The predicted molar refractivity (Wildman–Crippen MR) is 56.9 cm³/mol. The minimum atomic E-state index is -0.340. The molecule has 0 radical (unpaired) electrons. The number of benzene rings is 1. The second-order valence-electron chi connectivity index (χ2n) is 3.49. The van der Waals surface area contributed by atoms with E-state index in [9.17, 15) is 9.59 Å². The van der Waals surface area contributed by atoms with Crippen molar-refractivity contribution in [2.75, 3.05) is 13.7 Å². The van der Waals surface area contributed by atoms with E-state index in [2.05, 4.69) is 5.32 Å². The molecule has 5 nitrogen and oxygen atoms in total. The van der Waals surface area contributed by atoms with Crippen molar-refractivity contribution < 1.29 is 14.3 Å². The molecule has 2 rings (SSSR count). The fraction of sp³-hybridized carbons (Fsp3) is 0.273. The average Bonchev–Trinajstić information content (AvgIpc) is 2.61. The van der Waals surface area contributed by atoms with Crippen LogP contribution in [0.1, 0.15) is 5.56 Å². The summed E-state index contributed by atoms with van der Waals surface area (Å²) in [6.45, 7) is 0.366. The summed E-state index contributed by atoms with van der Waals surface area (Å²) in [5.74, 6) is 0.511. The van der Waals surface area contributed by atoms with Gasteiger partial charge in [-0.2, -0.15) is 0 Å². The van der Waals surface area contributed by atoms with Gasteiger partial charge in [0.15, 0.2) is 0 Å². The van der Waals surface area contributed by atoms with E-state index in [1.54, 1.807) is 13.2 Å². The Bertz CT molecular complexity index is 415. The molecule has 1 aromatic rings. The normalized spacial score (nSPS) is 15.2. The van der Waals surface area contributed by atoms with Crippen molar-refractivity contribution in [2.45, 2.75) is 6.54 Å². The molecule has 1 fully saturated rings. The smallest absolute Gasteiger partial charge is 0.324 e. The number of carbonyl (C=O) groups is 2. The third kappa shape index (κ3) is 1.98. The lowest BCUT2D eigenvalue weighted by Crippen LogP contribution is -2.30. The van der Waals surface area contributed by atoms with Gasteiger partial charge in [-0.25, -0.2) is 4.79 Å². The number of methoxy groups -OCH3 is 1. The van der Waals surface area contributed by atoms with Crippen molar-refractivity contribution in [3.8, 4) is 5.75 Å². The molecule has 1 aliphatic heterocycles. The molecule has 16 heavy (non-hydrogen) atoms. The van der Waals surface area contributed by atoms with Crippen molar-refractivity contribution >= 4 is 11.9 Å². The maximum Gasteiger partial charge on any atom is 0.324 e. The highest BCUT2D eigenvalue weighted by molar-refractivity contribution is 6.01. The Morgan fingerprint density at radius 2 is 2.25 bits per heavy atom. The Morgan fingerprint density at radius 1 is 1.44 bits per heavy atom. The molecule has 0 aromatic heterocycles. The Morgan fingerprint density at radius 3 is 2.88 bits per heavy atom. The number of ether oxygens (including phenoxy) is 1. The van der Waals surface area contributed by atoms with E-state index < -0.39 is 0 Å². The summed E-state index contributed by atoms with van der Waals surface area (Å²) in [6, 6.07) is 6.95. The molecular weight excluding hydrogens is 208 g/mol. The van der Waals surface area contributed by atoms with Crippen LogP contribution in [0.3, 0.4) is 0 Å². The summed E-state index contributed by atoms with van der Waals surface area (Å²) in [4.78, 5) is 23.9. The van der Waals surface area contributed by atoms with Crippen LogP contribution < -0.4 is 10.1 Å². The molecular formula is C11H12N2O3. The summed E-state index contributed by atoms with van der Waals surface area (Å²) < 4.78 is 5.07. The van der Waals surface area contributed by atoms with E-state index in [0.717, 1.165) is 5.56 Å². The van der Waals surface area contributed by atoms with Gasteiger partial charge >= 0.3 is 6.03 Å². The number of nitrogens with zero attached hydrogens (tertiary/aromatic N) is 1. The van der Waals surface area contributed by atoms with E-state index in [0.29, 0.717) is 5.75 Å². The Hall–Kier alpha value is -2.04. The van der Waals surface area contributed by atoms with E-state index in [4.69, 9.17) is 4.74 Å². The SMILES string of the molecule is COc1cccc(CN2C(=O)CNC2=O)c1. The number of carbonyl (C=O) groups excluding carboxylic acids is 2. The highest BCUT2D eigenvalue weighted by Gasteiger charge is 2.28. The van der Waals surface area contributed by atoms with Gasteiger partial charge in [0.05, 0.1) is 20.2 Å². The fourth-order valence-electron chi connectivity index (χ4n) is 1.57. The van der Waals surface area contributed by atoms with Gasteiger partial charge in [-0.15, -0.1) is 0 Å².